The molecule has 0 spiro atoms. The van der Waals surface area contributed by atoms with Gasteiger partial charge in [-0.25, -0.2) is 0 Å². The first-order chi connectivity index (χ1) is 6.22. The van der Waals surface area contributed by atoms with Crippen LogP contribution in [-0.4, -0.2) is 6.29 Å². The first-order valence-corrected chi connectivity index (χ1v) is 4.23. The second-order valence-electron chi connectivity index (χ2n) is 3.05. The predicted molar refractivity (Wildman–Crippen MR) is 53.5 cm³/mol. The monoisotopic (exact) mass is 172 g/mol. The first-order valence-electron chi connectivity index (χ1n) is 4.23. The summed E-state index contributed by atoms with van der Waals surface area (Å²) in [7, 11) is 0. The number of benzene rings is 1. The molecule has 1 nitrogen and oxygen atoms in total. The molecule has 0 aliphatic heterocycles. The van der Waals surface area contributed by atoms with Gasteiger partial charge in [0.1, 0.15) is 6.29 Å². The maximum Gasteiger partial charge on any atom is 0.131 e. The molecule has 0 amide bonds. The van der Waals surface area contributed by atoms with Crippen molar-refractivity contribution in [3.05, 3.63) is 34.9 Å². The van der Waals surface area contributed by atoms with Gasteiger partial charge in [0.2, 0.25) is 0 Å². The fourth-order valence-electron chi connectivity index (χ4n) is 1.24. The average Bonchev–Trinajstić information content (AvgIpc) is 2.03. The van der Waals surface area contributed by atoms with E-state index in [-0.39, 0.29) is 0 Å². The van der Waals surface area contributed by atoms with E-state index in [1.165, 1.54) is 11.1 Å². The van der Waals surface area contributed by atoms with E-state index in [0.29, 0.717) is 6.42 Å². The zero-order valence-electron chi connectivity index (χ0n) is 7.92. The van der Waals surface area contributed by atoms with Gasteiger partial charge in [-0.05, 0) is 37.1 Å². The van der Waals surface area contributed by atoms with Gasteiger partial charge in [-0.2, -0.15) is 0 Å². The van der Waals surface area contributed by atoms with Crippen molar-refractivity contribution in [1.82, 2.24) is 0 Å². The molecule has 1 aromatic carbocycles. The van der Waals surface area contributed by atoms with Crippen molar-refractivity contribution >= 4 is 6.29 Å². The molecule has 0 unspecified atom stereocenters. The van der Waals surface area contributed by atoms with E-state index in [0.717, 1.165) is 11.8 Å². The van der Waals surface area contributed by atoms with Crippen molar-refractivity contribution < 1.29 is 4.79 Å². The predicted octanol–water partition coefficient (Wildman–Crippen LogP) is 2.24. The molecule has 0 saturated carbocycles. The molecule has 0 aliphatic rings. The molecule has 1 aromatic rings. The highest BCUT2D eigenvalue weighted by molar-refractivity contribution is 5.55. The minimum absolute atomic E-state index is 0.312. The highest BCUT2D eigenvalue weighted by Crippen LogP contribution is 2.07. The second kappa shape index (κ2) is 4.47. The molecule has 0 N–H and O–H groups in total. The van der Waals surface area contributed by atoms with Crippen molar-refractivity contribution in [2.75, 3.05) is 0 Å². The van der Waals surface area contributed by atoms with Gasteiger partial charge in [0.05, 0.1) is 6.42 Å². The molecule has 0 radical (unpaired) electrons. The lowest BCUT2D eigenvalue weighted by atomic mass is 10.1. The molecular weight excluding hydrogens is 160 g/mol. The third-order valence-corrected chi connectivity index (χ3v) is 1.64. The fraction of sp³-hybridized carbons (Fsp3) is 0.250. The summed E-state index contributed by atoms with van der Waals surface area (Å²) in [4.78, 5) is 10.0. The molecule has 0 aromatic heterocycles. The van der Waals surface area contributed by atoms with E-state index in [9.17, 15) is 4.79 Å². The highest BCUT2D eigenvalue weighted by atomic mass is 16.1. The van der Waals surface area contributed by atoms with Crippen LogP contribution < -0.4 is 0 Å². The molecule has 0 saturated heterocycles. The minimum atomic E-state index is 0.312. The van der Waals surface area contributed by atoms with Crippen LogP contribution in [0.15, 0.2) is 18.2 Å². The smallest absolute Gasteiger partial charge is 0.131 e. The molecule has 0 atom stereocenters. The van der Waals surface area contributed by atoms with Crippen molar-refractivity contribution in [3.63, 3.8) is 0 Å². The Morgan fingerprint density at radius 3 is 2.38 bits per heavy atom. The Morgan fingerprint density at radius 1 is 1.23 bits per heavy atom. The minimum Gasteiger partial charge on any atom is -0.302 e. The highest BCUT2D eigenvalue weighted by Gasteiger charge is 1.90. The molecule has 0 heterocycles. The van der Waals surface area contributed by atoms with E-state index in [1.807, 2.05) is 26.0 Å². The summed E-state index contributed by atoms with van der Waals surface area (Å²) in [5, 5.41) is 0. The van der Waals surface area contributed by atoms with Gasteiger partial charge >= 0.3 is 0 Å². The summed E-state index contributed by atoms with van der Waals surface area (Å²) >= 11 is 0. The summed E-state index contributed by atoms with van der Waals surface area (Å²) in [5.41, 5.74) is 3.39. The number of carbonyl (C=O) groups excluding carboxylic acids is 1. The van der Waals surface area contributed by atoms with Crippen molar-refractivity contribution in [3.8, 4) is 11.8 Å². The van der Waals surface area contributed by atoms with Gasteiger partial charge < -0.3 is 4.79 Å². The Morgan fingerprint density at radius 2 is 1.85 bits per heavy atom. The van der Waals surface area contributed by atoms with Gasteiger partial charge in [-0.15, -0.1) is 0 Å². The number of carbonyl (C=O) groups is 1. The zero-order valence-corrected chi connectivity index (χ0v) is 7.92. The number of hydrogen-bond donors (Lipinski definition) is 0. The zero-order chi connectivity index (χ0) is 9.68. The number of aldehydes is 1. The topological polar surface area (TPSA) is 17.1 Å². The van der Waals surface area contributed by atoms with Crippen molar-refractivity contribution in [2.45, 2.75) is 20.3 Å². The van der Waals surface area contributed by atoms with Crippen molar-refractivity contribution in [2.24, 2.45) is 0 Å². The maximum absolute atomic E-state index is 10.0. The third kappa shape index (κ3) is 3.13. The Labute approximate surface area is 78.8 Å². The Balaban J connectivity index is 2.90. The standard InChI is InChI=1S/C12H12O/c1-10-7-11(2)9-12(8-10)5-3-4-6-13/h6-9H,4H2,1-2H3. The summed E-state index contributed by atoms with van der Waals surface area (Å²) in [6, 6.07) is 6.14. The van der Waals surface area contributed by atoms with Gasteiger partial charge in [-0.1, -0.05) is 17.9 Å². The quantitative estimate of drug-likeness (QED) is 0.469. The normalized spacial score (nSPS) is 8.77. The second-order valence-corrected chi connectivity index (χ2v) is 3.05. The van der Waals surface area contributed by atoms with Crippen LogP contribution in [-0.2, 0) is 4.79 Å². The Kier molecular flexibility index (Phi) is 3.28. The van der Waals surface area contributed by atoms with Gasteiger partial charge in [0.15, 0.2) is 0 Å². The van der Waals surface area contributed by atoms with Crippen LogP contribution in [0, 0.1) is 25.7 Å². The summed E-state index contributed by atoms with van der Waals surface area (Å²) < 4.78 is 0. The molecule has 1 heteroatoms. The number of hydrogen-bond acceptors (Lipinski definition) is 1. The molecule has 1 rings (SSSR count). The Bertz CT molecular complexity index is 346. The maximum atomic E-state index is 10.0. The number of aryl methyl sites for hydroxylation is 2. The van der Waals surface area contributed by atoms with Crippen LogP contribution in [0.3, 0.4) is 0 Å². The van der Waals surface area contributed by atoms with Crippen LogP contribution in [0.5, 0.6) is 0 Å². The first kappa shape index (κ1) is 9.54. The van der Waals surface area contributed by atoms with Crippen LogP contribution in [0.2, 0.25) is 0 Å². The summed E-state index contributed by atoms with van der Waals surface area (Å²) in [5.74, 6) is 5.73. The van der Waals surface area contributed by atoms with E-state index >= 15 is 0 Å². The fourth-order valence-corrected chi connectivity index (χ4v) is 1.24. The van der Waals surface area contributed by atoms with E-state index in [4.69, 9.17) is 0 Å². The molecule has 0 fully saturated rings. The SMILES string of the molecule is Cc1cc(C)cc(C#CCC=O)c1. The molecular formula is C12H12O. The average molecular weight is 172 g/mol. The van der Waals surface area contributed by atoms with Gasteiger partial charge in [-0.3, -0.25) is 0 Å². The lowest BCUT2D eigenvalue weighted by Gasteiger charge is -1.96. The van der Waals surface area contributed by atoms with Crippen LogP contribution in [0.25, 0.3) is 0 Å². The molecule has 13 heavy (non-hydrogen) atoms. The third-order valence-electron chi connectivity index (χ3n) is 1.64. The van der Waals surface area contributed by atoms with E-state index in [1.54, 1.807) is 0 Å². The van der Waals surface area contributed by atoms with Crippen LogP contribution >= 0.6 is 0 Å². The van der Waals surface area contributed by atoms with E-state index in [2.05, 4.69) is 17.9 Å². The lowest BCUT2D eigenvalue weighted by molar-refractivity contribution is -0.107. The van der Waals surface area contributed by atoms with Crippen LogP contribution in [0.4, 0.5) is 0 Å². The lowest BCUT2D eigenvalue weighted by Crippen LogP contribution is -1.81. The Hall–Kier alpha value is -1.55. The van der Waals surface area contributed by atoms with E-state index < -0.39 is 0 Å². The summed E-state index contributed by atoms with van der Waals surface area (Å²) in [6.07, 6.45) is 1.13. The molecule has 66 valence electrons. The van der Waals surface area contributed by atoms with Crippen LogP contribution in [0.1, 0.15) is 23.1 Å². The summed E-state index contributed by atoms with van der Waals surface area (Å²) in [6.45, 7) is 4.08. The molecule has 0 bridgehead atoms. The number of rotatable bonds is 1. The van der Waals surface area contributed by atoms with Crippen molar-refractivity contribution in [1.29, 1.82) is 0 Å². The van der Waals surface area contributed by atoms with Gasteiger partial charge in [0, 0.05) is 5.56 Å². The largest absolute Gasteiger partial charge is 0.302 e. The molecule has 0 aliphatic carbocycles. The van der Waals surface area contributed by atoms with Gasteiger partial charge in [0.25, 0.3) is 0 Å².